The Bertz CT molecular complexity index is 1330. The molecule has 2 aromatic carbocycles. The number of halogens is 2. The third-order valence-electron chi connectivity index (χ3n) is 5.18. The molecule has 180 valence electrons. The number of aryl methyl sites for hydroxylation is 1. The summed E-state index contributed by atoms with van der Waals surface area (Å²) in [6.07, 6.45) is -0.204. The highest BCUT2D eigenvalue weighted by molar-refractivity contribution is 7.90. The SMILES string of the molecule is Cc1cc(C(=O)[C@@H](C)OC(=O)c2ccccc2S(C)(=O)=O)c(C)n1-c1ccc(OC(F)F)cc1. The number of ether oxygens (including phenoxy) is 2. The van der Waals surface area contributed by atoms with Gasteiger partial charge in [0.25, 0.3) is 0 Å². The van der Waals surface area contributed by atoms with E-state index in [1.165, 1.54) is 43.3 Å². The van der Waals surface area contributed by atoms with Crippen LogP contribution in [0, 0.1) is 13.8 Å². The van der Waals surface area contributed by atoms with Gasteiger partial charge in [0, 0.05) is 28.9 Å². The molecule has 0 bridgehead atoms. The zero-order valence-electron chi connectivity index (χ0n) is 18.9. The van der Waals surface area contributed by atoms with Gasteiger partial charge in [-0.3, -0.25) is 4.79 Å². The zero-order valence-corrected chi connectivity index (χ0v) is 19.7. The lowest BCUT2D eigenvalue weighted by Gasteiger charge is -2.14. The number of ketones is 1. The van der Waals surface area contributed by atoms with Crippen molar-refractivity contribution in [1.82, 2.24) is 4.57 Å². The van der Waals surface area contributed by atoms with E-state index < -0.39 is 34.3 Å². The van der Waals surface area contributed by atoms with E-state index in [0.717, 1.165) is 6.26 Å². The van der Waals surface area contributed by atoms with E-state index in [4.69, 9.17) is 4.74 Å². The number of carbonyl (C=O) groups excluding carboxylic acids is 2. The van der Waals surface area contributed by atoms with E-state index in [2.05, 4.69) is 4.74 Å². The molecule has 1 aromatic heterocycles. The molecular formula is C24H23F2NO6S. The maximum Gasteiger partial charge on any atom is 0.387 e. The topological polar surface area (TPSA) is 91.7 Å². The number of benzene rings is 2. The molecule has 0 aliphatic heterocycles. The smallest absolute Gasteiger partial charge is 0.387 e. The molecule has 7 nitrogen and oxygen atoms in total. The van der Waals surface area contributed by atoms with Gasteiger partial charge in [0.15, 0.2) is 15.9 Å². The molecule has 10 heteroatoms. The Morgan fingerprint density at radius 1 is 0.971 bits per heavy atom. The fraction of sp³-hybridized carbons (Fsp3) is 0.250. The van der Waals surface area contributed by atoms with E-state index in [-0.39, 0.29) is 16.2 Å². The third kappa shape index (κ3) is 5.33. The second-order valence-corrected chi connectivity index (χ2v) is 9.66. The van der Waals surface area contributed by atoms with Gasteiger partial charge < -0.3 is 14.0 Å². The zero-order chi connectivity index (χ0) is 25.2. The monoisotopic (exact) mass is 491 g/mol. The van der Waals surface area contributed by atoms with Gasteiger partial charge in [-0.25, -0.2) is 13.2 Å². The summed E-state index contributed by atoms with van der Waals surface area (Å²) < 4.78 is 60.1. The number of aromatic nitrogens is 1. The first-order valence-corrected chi connectivity index (χ1v) is 12.1. The molecule has 0 aliphatic rings. The minimum atomic E-state index is -3.68. The fourth-order valence-corrected chi connectivity index (χ4v) is 4.52. The number of hydrogen-bond acceptors (Lipinski definition) is 6. The van der Waals surface area contributed by atoms with Crippen molar-refractivity contribution in [1.29, 1.82) is 0 Å². The van der Waals surface area contributed by atoms with E-state index in [1.54, 1.807) is 36.6 Å². The highest BCUT2D eigenvalue weighted by Gasteiger charge is 2.27. The van der Waals surface area contributed by atoms with Crippen molar-refractivity contribution in [3.05, 3.63) is 77.1 Å². The van der Waals surface area contributed by atoms with Crippen molar-refractivity contribution >= 4 is 21.6 Å². The minimum absolute atomic E-state index is 0.00687. The van der Waals surface area contributed by atoms with E-state index in [9.17, 15) is 26.8 Å². The van der Waals surface area contributed by atoms with Crippen LogP contribution >= 0.6 is 0 Å². The molecule has 0 saturated carbocycles. The molecule has 0 fully saturated rings. The first-order chi connectivity index (χ1) is 15.9. The van der Waals surface area contributed by atoms with E-state index >= 15 is 0 Å². The molecule has 3 aromatic rings. The van der Waals surface area contributed by atoms with Gasteiger partial charge in [0.2, 0.25) is 5.78 Å². The maximum atomic E-state index is 13.1. The average molecular weight is 492 g/mol. The van der Waals surface area contributed by atoms with Crippen molar-refractivity contribution in [2.24, 2.45) is 0 Å². The Labute approximate surface area is 195 Å². The lowest BCUT2D eigenvalue weighted by molar-refractivity contribution is -0.0498. The van der Waals surface area contributed by atoms with Crippen LogP contribution in [0.2, 0.25) is 0 Å². The highest BCUT2D eigenvalue weighted by Crippen LogP contribution is 2.25. The molecule has 0 spiro atoms. The van der Waals surface area contributed by atoms with Crippen LogP contribution in [0.5, 0.6) is 5.75 Å². The van der Waals surface area contributed by atoms with Crippen LogP contribution in [-0.2, 0) is 14.6 Å². The molecule has 0 radical (unpaired) electrons. The second-order valence-electron chi connectivity index (χ2n) is 7.67. The second kappa shape index (κ2) is 9.76. The molecular weight excluding hydrogens is 468 g/mol. The number of carbonyl (C=O) groups is 2. The van der Waals surface area contributed by atoms with Crippen LogP contribution in [0.15, 0.2) is 59.5 Å². The van der Waals surface area contributed by atoms with Crippen molar-refractivity contribution in [2.75, 3.05) is 6.26 Å². The molecule has 0 saturated heterocycles. The number of nitrogens with zero attached hydrogens (tertiary/aromatic N) is 1. The van der Waals surface area contributed by atoms with Crippen LogP contribution in [0.3, 0.4) is 0 Å². The quantitative estimate of drug-likeness (QED) is 0.340. The maximum absolute atomic E-state index is 13.1. The first-order valence-electron chi connectivity index (χ1n) is 10.2. The lowest BCUT2D eigenvalue weighted by Crippen LogP contribution is -2.25. The number of alkyl halides is 2. The molecule has 0 amide bonds. The van der Waals surface area contributed by atoms with Crippen molar-refractivity contribution in [3.63, 3.8) is 0 Å². The minimum Gasteiger partial charge on any atom is -0.451 e. The van der Waals surface area contributed by atoms with Crippen LogP contribution in [0.1, 0.15) is 39.0 Å². The standard InChI is InChI=1S/C24H23F2NO6S/c1-14-13-20(15(2)27(14)17-9-11-18(12-10-17)33-24(25)26)22(28)16(3)32-23(29)19-7-5-6-8-21(19)34(4,30)31/h5-13,16,24H,1-4H3/t16-/m1/s1. The largest absolute Gasteiger partial charge is 0.451 e. The van der Waals surface area contributed by atoms with Crippen LogP contribution in [-0.4, -0.2) is 43.7 Å². The Balaban J connectivity index is 1.84. The van der Waals surface area contributed by atoms with Crippen LogP contribution in [0.4, 0.5) is 8.78 Å². The van der Waals surface area contributed by atoms with Gasteiger partial charge in [0.1, 0.15) is 5.75 Å². The summed E-state index contributed by atoms with van der Waals surface area (Å²) in [5, 5.41) is 0. The fourth-order valence-electron chi connectivity index (χ4n) is 3.64. The van der Waals surface area contributed by atoms with Gasteiger partial charge in [-0.15, -0.1) is 0 Å². The number of sulfone groups is 1. The summed E-state index contributed by atoms with van der Waals surface area (Å²) in [5.74, 6) is -1.39. The third-order valence-corrected chi connectivity index (χ3v) is 6.33. The van der Waals surface area contributed by atoms with Gasteiger partial charge in [-0.05, 0) is 63.2 Å². The normalized spacial score (nSPS) is 12.4. The van der Waals surface area contributed by atoms with Crippen LogP contribution < -0.4 is 4.74 Å². The summed E-state index contributed by atoms with van der Waals surface area (Å²) in [4.78, 5) is 25.5. The van der Waals surface area contributed by atoms with Crippen LogP contribution in [0.25, 0.3) is 5.69 Å². The number of esters is 1. The predicted octanol–water partition coefficient (Wildman–Crippen LogP) is 4.53. The molecule has 0 aliphatic carbocycles. The molecule has 3 rings (SSSR count). The van der Waals surface area contributed by atoms with Crippen molar-refractivity contribution < 1.29 is 36.3 Å². The predicted molar refractivity (Wildman–Crippen MR) is 121 cm³/mol. The summed E-state index contributed by atoms with van der Waals surface area (Å²) in [7, 11) is -3.68. The Kier molecular flexibility index (Phi) is 7.21. The highest BCUT2D eigenvalue weighted by atomic mass is 32.2. The van der Waals surface area contributed by atoms with Crippen molar-refractivity contribution in [2.45, 2.75) is 38.4 Å². The Morgan fingerprint density at radius 2 is 1.59 bits per heavy atom. The first kappa shape index (κ1) is 25.1. The number of rotatable bonds is 8. The summed E-state index contributed by atoms with van der Waals surface area (Å²) >= 11 is 0. The molecule has 34 heavy (non-hydrogen) atoms. The van der Waals surface area contributed by atoms with E-state index in [1.807, 2.05) is 0 Å². The van der Waals surface area contributed by atoms with Crippen molar-refractivity contribution in [3.8, 4) is 11.4 Å². The summed E-state index contributed by atoms with van der Waals surface area (Å²) in [6, 6.07) is 13.2. The summed E-state index contributed by atoms with van der Waals surface area (Å²) in [5.41, 5.74) is 2.04. The molecule has 0 unspecified atom stereocenters. The lowest BCUT2D eigenvalue weighted by atomic mass is 10.1. The number of hydrogen-bond donors (Lipinski definition) is 0. The van der Waals surface area contributed by atoms with Gasteiger partial charge in [-0.2, -0.15) is 8.78 Å². The van der Waals surface area contributed by atoms with Gasteiger partial charge >= 0.3 is 12.6 Å². The summed E-state index contributed by atoms with van der Waals surface area (Å²) in [6.45, 7) is 1.95. The Morgan fingerprint density at radius 3 is 2.18 bits per heavy atom. The Hall–Kier alpha value is -3.53. The van der Waals surface area contributed by atoms with E-state index in [0.29, 0.717) is 22.6 Å². The van der Waals surface area contributed by atoms with Gasteiger partial charge in [0.05, 0.1) is 10.5 Å². The molecule has 1 atom stereocenters. The number of Topliss-reactive ketones (excluding diaryl/α,β-unsaturated/α-hetero) is 1. The molecule has 0 N–H and O–H groups in total. The average Bonchev–Trinajstić information content (AvgIpc) is 3.06. The molecule has 1 heterocycles. The van der Waals surface area contributed by atoms with Gasteiger partial charge in [-0.1, -0.05) is 12.1 Å².